The number of benzene rings is 1. The number of aromatic nitrogens is 3. The highest BCUT2D eigenvalue weighted by Gasteiger charge is 2.33. The van der Waals surface area contributed by atoms with Gasteiger partial charge in [-0.15, -0.1) is 0 Å². The zero-order valence-electron chi connectivity index (χ0n) is 18.4. The molecule has 33 heavy (non-hydrogen) atoms. The van der Waals surface area contributed by atoms with Crippen LogP contribution in [0.2, 0.25) is 5.02 Å². The maximum absolute atomic E-state index is 14.9. The SMILES string of the molecule is Cc1nc2c(-c3ccc(Cl)c(F)c3F)nc(C3CCOC(C4CCOC4)C3)cn2c(=O)c1C. The first-order valence-corrected chi connectivity index (χ1v) is 11.5. The number of halogens is 3. The van der Waals surface area contributed by atoms with Gasteiger partial charge >= 0.3 is 0 Å². The molecule has 6 nitrogen and oxygen atoms in total. The zero-order chi connectivity index (χ0) is 23.3. The van der Waals surface area contributed by atoms with Gasteiger partial charge in [0.15, 0.2) is 17.3 Å². The van der Waals surface area contributed by atoms with E-state index in [2.05, 4.69) is 4.98 Å². The van der Waals surface area contributed by atoms with Crippen molar-refractivity contribution in [2.45, 2.75) is 45.1 Å². The van der Waals surface area contributed by atoms with Crippen molar-refractivity contribution in [3.63, 3.8) is 0 Å². The predicted molar refractivity (Wildman–Crippen MR) is 120 cm³/mol. The van der Waals surface area contributed by atoms with Gasteiger partial charge < -0.3 is 9.47 Å². The third kappa shape index (κ3) is 3.94. The average molecular weight is 476 g/mol. The van der Waals surface area contributed by atoms with Crippen molar-refractivity contribution in [1.29, 1.82) is 0 Å². The molecule has 0 N–H and O–H groups in total. The summed E-state index contributed by atoms with van der Waals surface area (Å²) in [6.07, 6.45) is 4.10. The van der Waals surface area contributed by atoms with E-state index in [9.17, 15) is 13.6 Å². The average Bonchev–Trinajstić information content (AvgIpc) is 3.36. The van der Waals surface area contributed by atoms with E-state index in [4.69, 9.17) is 26.1 Å². The molecule has 3 atom stereocenters. The molecule has 0 radical (unpaired) electrons. The van der Waals surface area contributed by atoms with E-state index >= 15 is 0 Å². The summed E-state index contributed by atoms with van der Waals surface area (Å²) < 4.78 is 42.2. The summed E-state index contributed by atoms with van der Waals surface area (Å²) in [4.78, 5) is 22.4. The third-order valence-corrected chi connectivity index (χ3v) is 7.10. The van der Waals surface area contributed by atoms with Gasteiger partial charge in [-0.25, -0.2) is 18.7 Å². The lowest BCUT2D eigenvalue weighted by Gasteiger charge is -2.32. The summed E-state index contributed by atoms with van der Waals surface area (Å²) in [6.45, 7) is 5.37. The Morgan fingerprint density at radius 1 is 1.12 bits per heavy atom. The van der Waals surface area contributed by atoms with Crippen LogP contribution in [0.25, 0.3) is 16.9 Å². The van der Waals surface area contributed by atoms with Crippen molar-refractivity contribution in [2.24, 2.45) is 5.92 Å². The van der Waals surface area contributed by atoms with E-state index in [1.54, 1.807) is 20.0 Å². The van der Waals surface area contributed by atoms with E-state index in [1.807, 2.05) is 0 Å². The second-order valence-electron chi connectivity index (χ2n) is 8.81. The van der Waals surface area contributed by atoms with Crippen LogP contribution >= 0.6 is 11.6 Å². The first-order chi connectivity index (χ1) is 15.8. The van der Waals surface area contributed by atoms with Crippen molar-refractivity contribution in [2.75, 3.05) is 19.8 Å². The van der Waals surface area contributed by atoms with Crippen LogP contribution in [0, 0.1) is 31.4 Å². The van der Waals surface area contributed by atoms with Gasteiger partial charge in [0, 0.05) is 48.1 Å². The summed E-state index contributed by atoms with van der Waals surface area (Å²) in [5.74, 6) is -1.95. The number of hydrogen-bond donors (Lipinski definition) is 0. The van der Waals surface area contributed by atoms with Crippen LogP contribution in [0.5, 0.6) is 0 Å². The fraction of sp³-hybridized carbons (Fsp3) is 0.458. The molecule has 0 aliphatic carbocycles. The van der Waals surface area contributed by atoms with Crippen LogP contribution in [0.1, 0.15) is 42.1 Å². The van der Waals surface area contributed by atoms with Crippen LogP contribution in [0.4, 0.5) is 8.78 Å². The molecular weight excluding hydrogens is 452 g/mol. The number of fused-ring (bicyclic) bond motifs is 1. The van der Waals surface area contributed by atoms with Crippen LogP contribution < -0.4 is 5.56 Å². The van der Waals surface area contributed by atoms with Gasteiger partial charge in [-0.1, -0.05) is 11.6 Å². The molecule has 2 saturated heterocycles. The van der Waals surface area contributed by atoms with Gasteiger partial charge in [0.25, 0.3) is 5.56 Å². The smallest absolute Gasteiger partial charge is 0.261 e. The zero-order valence-corrected chi connectivity index (χ0v) is 19.2. The monoisotopic (exact) mass is 475 g/mol. The second-order valence-corrected chi connectivity index (χ2v) is 9.22. The minimum atomic E-state index is -1.15. The Balaban J connectivity index is 1.68. The molecule has 2 aromatic heterocycles. The fourth-order valence-electron chi connectivity index (χ4n) is 4.71. The largest absolute Gasteiger partial charge is 0.381 e. The molecular formula is C24H24ClF2N3O3. The lowest BCUT2D eigenvalue weighted by Crippen LogP contribution is -2.32. The maximum atomic E-state index is 14.9. The van der Waals surface area contributed by atoms with Crippen molar-refractivity contribution in [1.82, 2.24) is 14.4 Å². The van der Waals surface area contributed by atoms with E-state index in [0.717, 1.165) is 19.4 Å². The second kappa shape index (κ2) is 8.74. The lowest BCUT2D eigenvalue weighted by molar-refractivity contribution is -0.0311. The minimum absolute atomic E-state index is 0.00113. The summed E-state index contributed by atoms with van der Waals surface area (Å²) in [6, 6.07) is 2.65. The first-order valence-electron chi connectivity index (χ1n) is 11.1. The van der Waals surface area contributed by atoms with Crippen LogP contribution in [0.3, 0.4) is 0 Å². The molecule has 9 heteroatoms. The molecule has 5 rings (SSSR count). The summed E-state index contributed by atoms with van der Waals surface area (Å²) in [5.41, 5.74) is 1.59. The standard InChI is InChI=1S/C24H24ClF2N3O3/c1-12-13(2)28-23-22(16-3-4-17(25)21(27)20(16)26)29-18(10-30(23)24(12)31)14-6-8-33-19(9-14)15-5-7-32-11-15/h3-4,10,14-15,19H,5-9,11H2,1-2H3. The van der Waals surface area contributed by atoms with Crippen molar-refractivity contribution >= 4 is 17.2 Å². The maximum Gasteiger partial charge on any atom is 0.261 e. The first kappa shape index (κ1) is 22.4. The normalized spacial score (nSPS) is 23.4. The van der Waals surface area contributed by atoms with Gasteiger partial charge in [-0.2, -0.15) is 0 Å². The Bertz CT molecular complexity index is 1290. The summed E-state index contributed by atoms with van der Waals surface area (Å²) in [7, 11) is 0. The molecule has 2 aliphatic heterocycles. The van der Waals surface area contributed by atoms with E-state index in [0.29, 0.717) is 42.5 Å². The quantitative estimate of drug-likeness (QED) is 0.518. The van der Waals surface area contributed by atoms with Gasteiger partial charge in [0.1, 0.15) is 5.69 Å². The number of nitrogens with zero attached hydrogens (tertiary/aromatic N) is 3. The molecule has 2 aliphatic rings. The molecule has 1 aromatic carbocycles. The van der Waals surface area contributed by atoms with Gasteiger partial charge in [0.05, 0.1) is 23.4 Å². The molecule has 2 fully saturated rings. The number of rotatable bonds is 3. The Kier molecular flexibility index (Phi) is 5.93. The Labute approximate surface area is 194 Å². The molecule has 0 bridgehead atoms. The van der Waals surface area contributed by atoms with E-state index in [-0.39, 0.29) is 39.5 Å². The van der Waals surface area contributed by atoms with Crippen molar-refractivity contribution in [3.05, 3.63) is 62.3 Å². The minimum Gasteiger partial charge on any atom is -0.381 e. The van der Waals surface area contributed by atoms with Gasteiger partial charge in [0.2, 0.25) is 0 Å². The highest BCUT2D eigenvalue weighted by atomic mass is 35.5. The highest BCUT2D eigenvalue weighted by molar-refractivity contribution is 6.30. The van der Waals surface area contributed by atoms with Crippen LogP contribution in [-0.2, 0) is 9.47 Å². The van der Waals surface area contributed by atoms with E-state index < -0.39 is 11.6 Å². The van der Waals surface area contributed by atoms with E-state index in [1.165, 1.54) is 16.5 Å². The highest BCUT2D eigenvalue weighted by Crippen LogP contribution is 2.36. The molecule has 0 saturated carbocycles. The Morgan fingerprint density at radius 2 is 1.94 bits per heavy atom. The van der Waals surface area contributed by atoms with Crippen molar-refractivity contribution < 1.29 is 18.3 Å². The van der Waals surface area contributed by atoms with Crippen molar-refractivity contribution in [3.8, 4) is 11.3 Å². The predicted octanol–water partition coefficient (Wildman–Crippen LogP) is 4.60. The number of hydrogen-bond acceptors (Lipinski definition) is 5. The number of ether oxygens (including phenoxy) is 2. The van der Waals surface area contributed by atoms with Crippen LogP contribution in [-0.4, -0.2) is 40.3 Å². The van der Waals surface area contributed by atoms with Gasteiger partial charge in [-0.05, 0) is 45.2 Å². The lowest BCUT2D eigenvalue weighted by atomic mass is 9.86. The molecule has 0 spiro atoms. The molecule has 174 valence electrons. The fourth-order valence-corrected chi connectivity index (χ4v) is 4.86. The molecule has 3 unspecified atom stereocenters. The molecule has 4 heterocycles. The molecule has 0 amide bonds. The number of aryl methyl sites for hydroxylation is 1. The third-order valence-electron chi connectivity index (χ3n) is 6.81. The Morgan fingerprint density at radius 3 is 2.70 bits per heavy atom. The Hall–Kier alpha value is -2.42. The summed E-state index contributed by atoms with van der Waals surface area (Å²) >= 11 is 5.76. The van der Waals surface area contributed by atoms with Gasteiger partial charge in [-0.3, -0.25) is 9.20 Å². The van der Waals surface area contributed by atoms with Crippen LogP contribution in [0.15, 0.2) is 23.1 Å². The topological polar surface area (TPSA) is 65.7 Å². The molecule has 3 aromatic rings. The summed E-state index contributed by atoms with van der Waals surface area (Å²) in [5, 5.41) is -0.320.